The van der Waals surface area contributed by atoms with E-state index in [1.807, 2.05) is 32.0 Å². The molecule has 0 aliphatic heterocycles. The molecule has 0 saturated carbocycles. The van der Waals surface area contributed by atoms with Gasteiger partial charge in [0, 0.05) is 17.8 Å². The quantitative estimate of drug-likeness (QED) is 0.342. The zero-order valence-electron chi connectivity index (χ0n) is 13.9. The van der Waals surface area contributed by atoms with Crippen LogP contribution in [0.1, 0.15) is 33.3 Å². The summed E-state index contributed by atoms with van der Waals surface area (Å²) in [5.74, 6) is -0.173. The standard InChI is InChI=1S/C17H28N2OS2/c1-16(2,21)13-19(12-14-8-6-5-7-9-14)11-10-18-15(20)17(3,4)22/h5-9,21-22H,10-13H2,1-4H3,(H,18,20)/p-2. The van der Waals surface area contributed by atoms with Crippen molar-refractivity contribution in [1.82, 2.24) is 4.90 Å². The fourth-order valence-electron chi connectivity index (χ4n) is 2.08. The van der Waals surface area contributed by atoms with E-state index in [1.165, 1.54) is 5.56 Å². The van der Waals surface area contributed by atoms with Crippen LogP contribution in [0.15, 0.2) is 35.3 Å². The van der Waals surface area contributed by atoms with E-state index in [9.17, 15) is 5.11 Å². The fourth-order valence-corrected chi connectivity index (χ4v) is 2.33. The largest absolute Gasteiger partial charge is 0.861 e. The molecule has 0 fully saturated rings. The zero-order valence-corrected chi connectivity index (χ0v) is 15.6. The Morgan fingerprint density at radius 1 is 1.23 bits per heavy atom. The molecule has 0 radical (unpaired) electrons. The summed E-state index contributed by atoms with van der Waals surface area (Å²) >= 11 is 9.74. The predicted octanol–water partition coefficient (Wildman–Crippen LogP) is 2.28. The molecule has 0 aliphatic carbocycles. The third-order valence-corrected chi connectivity index (χ3v) is 3.37. The van der Waals surface area contributed by atoms with Crippen molar-refractivity contribution >= 4 is 31.2 Å². The van der Waals surface area contributed by atoms with Crippen molar-refractivity contribution < 1.29 is 5.11 Å². The highest BCUT2D eigenvalue weighted by molar-refractivity contribution is 7.82. The molecular formula is C17H26N2OS2-2. The SMILES string of the molecule is CC(C)([S-])CN(CCN=C([O-])C(C)(C)S)Cc1ccccc1. The van der Waals surface area contributed by atoms with E-state index >= 15 is 0 Å². The summed E-state index contributed by atoms with van der Waals surface area (Å²) in [6.07, 6.45) is 0. The van der Waals surface area contributed by atoms with Crippen molar-refractivity contribution in [2.24, 2.45) is 4.99 Å². The fraction of sp³-hybridized carbons (Fsp3) is 0.588. The Morgan fingerprint density at radius 3 is 2.32 bits per heavy atom. The molecule has 3 nitrogen and oxygen atoms in total. The number of aliphatic imine (C=N–C) groups is 1. The summed E-state index contributed by atoms with van der Waals surface area (Å²) in [6.45, 7) is 10.4. The maximum atomic E-state index is 11.8. The van der Waals surface area contributed by atoms with Crippen molar-refractivity contribution in [3.05, 3.63) is 35.9 Å². The summed E-state index contributed by atoms with van der Waals surface area (Å²) in [6, 6.07) is 10.3. The minimum atomic E-state index is -0.707. The van der Waals surface area contributed by atoms with Gasteiger partial charge in [-0.15, -0.1) is 4.75 Å². The first-order chi connectivity index (χ1) is 10.1. The highest BCUT2D eigenvalue weighted by atomic mass is 32.1. The lowest BCUT2D eigenvalue weighted by Crippen LogP contribution is -2.40. The van der Waals surface area contributed by atoms with Crippen LogP contribution < -0.4 is 5.11 Å². The second-order valence-corrected chi connectivity index (χ2v) is 8.93. The summed E-state index contributed by atoms with van der Waals surface area (Å²) in [7, 11) is 0. The van der Waals surface area contributed by atoms with Crippen molar-refractivity contribution in [2.45, 2.75) is 43.7 Å². The molecule has 1 aromatic rings. The van der Waals surface area contributed by atoms with Crippen LogP contribution in [0, 0.1) is 0 Å². The van der Waals surface area contributed by atoms with Gasteiger partial charge in [0.1, 0.15) is 0 Å². The van der Waals surface area contributed by atoms with E-state index in [1.54, 1.807) is 13.8 Å². The van der Waals surface area contributed by atoms with Gasteiger partial charge in [0.2, 0.25) is 0 Å². The smallest absolute Gasteiger partial charge is 0.0506 e. The number of benzene rings is 1. The van der Waals surface area contributed by atoms with Gasteiger partial charge in [-0.25, -0.2) is 0 Å². The number of nitrogens with zero attached hydrogens (tertiary/aromatic N) is 2. The molecule has 0 saturated heterocycles. The summed E-state index contributed by atoms with van der Waals surface area (Å²) in [4.78, 5) is 6.37. The van der Waals surface area contributed by atoms with Gasteiger partial charge in [-0.3, -0.25) is 4.90 Å². The zero-order chi connectivity index (χ0) is 16.8. The number of hydrogen-bond acceptors (Lipinski definition) is 5. The Balaban J connectivity index is 2.67. The molecule has 0 aromatic heterocycles. The van der Waals surface area contributed by atoms with Crippen LogP contribution in [0.4, 0.5) is 0 Å². The first-order valence-electron chi connectivity index (χ1n) is 7.49. The normalized spacial score (nSPS) is 13.7. The molecule has 1 aromatic carbocycles. The van der Waals surface area contributed by atoms with Crippen LogP contribution in [-0.2, 0) is 19.2 Å². The molecule has 0 aliphatic rings. The van der Waals surface area contributed by atoms with E-state index in [-0.39, 0.29) is 10.6 Å². The average molecular weight is 339 g/mol. The average Bonchev–Trinajstić information content (AvgIpc) is 2.36. The molecule has 0 amide bonds. The first kappa shape index (κ1) is 19.4. The van der Waals surface area contributed by atoms with Crippen LogP contribution in [0.3, 0.4) is 0 Å². The molecule has 0 atom stereocenters. The van der Waals surface area contributed by atoms with E-state index in [4.69, 9.17) is 12.6 Å². The molecule has 124 valence electrons. The minimum Gasteiger partial charge on any atom is -0.861 e. The van der Waals surface area contributed by atoms with Crippen molar-refractivity contribution in [2.75, 3.05) is 19.6 Å². The Bertz CT molecular complexity index is 476. The van der Waals surface area contributed by atoms with Crippen LogP contribution in [-0.4, -0.2) is 39.9 Å². The summed E-state index contributed by atoms with van der Waals surface area (Å²) in [5.41, 5.74) is 1.24. The van der Waals surface area contributed by atoms with E-state index < -0.39 is 4.75 Å². The third kappa shape index (κ3) is 8.11. The van der Waals surface area contributed by atoms with Crippen LogP contribution in [0.2, 0.25) is 0 Å². The van der Waals surface area contributed by atoms with Gasteiger partial charge < -0.3 is 22.7 Å². The van der Waals surface area contributed by atoms with Gasteiger partial charge in [-0.1, -0.05) is 44.2 Å². The van der Waals surface area contributed by atoms with Crippen molar-refractivity contribution in [3.63, 3.8) is 0 Å². The van der Waals surface area contributed by atoms with Gasteiger partial charge in [-0.05, 0) is 31.9 Å². The molecule has 22 heavy (non-hydrogen) atoms. The Labute approximate surface area is 145 Å². The molecule has 5 heteroatoms. The Kier molecular flexibility index (Phi) is 7.29. The number of hydrogen-bond donors (Lipinski definition) is 1. The topological polar surface area (TPSA) is 38.7 Å². The summed E-state index contributed by atoms with van der Waals surface area (Å²) in [5, 5.41) is 11.8. The maximum absolute atomic E-state index is 11.8. The molecule has 0 unspecified atom stereocenters. The molecular weight excluding hydrogens is 312 g/mol. The van der Waals surface area contributed by atoms with E-state index in [0.717, 1.165) is 13.1 Å². The lowest BCUT2D eigenvalue weighted by atomic mass is 10.1. The molecule has 1 rings (SSSR count). The molecule has 0 spiro atoms. The molecule has 0 N–H and O–H groups in total. The highest BCUT2D eigenvalue weighted by Crippen LogP contribution is 2.13. The van der Waals surface area contributed by atoms with E-state index in [2.05, 4.69) is 34.7 Å². The van der Waals surface area contributed by atoms with Gasteiger partial charge >= 0.3 is 0 Å². The summed E-state index contributed by atoms with van der Waals surface area (Å²) < 4.78 is -0.914. The van der Waals surface area contributed by atoms with Gasteiger partial charge in [-0.2, -0.15) is 12.6 Å². The van der Waals surface area contributed by atoms with Gasteiger partial charge in [0.05, 0.1) is 6.54 Å². The number of rotatable bonds is 8. The Hall–Kier alpha value is -0.650. The van der Waals surface area contributed by atoms with E-state index in [0.29, 0.717) is 13.1 Å². The second-order valence-electron chi connectivity index (χ2n) is 6.70. The maximum Gasteiger partial charge on any atom is 0.0506 e. The third-order valence-electron chi connectivity index (χ3n) is 3.05. The highest BCUT2D eigenvalue weighted by Gasteiger charge is 2.13. The first-order valence-corrected chi connectivity index (χ1v) is 8.34. The van der Waals surface area contributed by atoms with Gasteiger partial charge in [0.15, 0.2) is 0 Å². The minimum absolute atomic E-state index is 0.173. The lowest BCUT2D eigenvalue weighted by Gasteiger charge is -2.38. The molecule has 0 bridgehead atoms. The molecule has 0 heterocycles. The van der Waals surface area contributed by atoms with Crippen molar-refractivity contribution in [1.29, 1.82) is 0 Å². The lowest BCUT2D eigenvalue weighted by molar-refractivity contribution is -0.221. The van der Waals surface area contributed by atoms with Crippen LogP contribution in [0.5, 0.6) is 0 Å². The van der Waals surface area contributed by atoms with Crippen LogP contribution in [0.25, 0.3) is 0 Å². The van der Waals surface area contributed by atoms with Crippen molar-refractivity contribution in [3.8, 4) is 0 Å². The van der Waals surface area contributed by atoms with Gasteiger partial charge in [0.25, 0.3) is 0 Å². The number of thiol groups is 1. The predicted molar refractivity (Wildman–Crippen MR) is 98.5 cm³/mol. The second kappa shape index (κ2) is 8.27. The Morgan fingerprint density at radius 2 is 1.82 bits per heavy atom. The van der Waals surface area contributed by atoms with Crippen LogP contribution >= 0.6 is 12.6 Å². The monoisotopic (exact) mass is 338 g/mol.